The summed E-state index contributed by atoms with van der Waals surface area (Å²) in [7, 11) is 0. The Hall–Kier alpha value is -1.02. The first kappa shape index (κ1) is 13.0. The normalized spacial score (nSPS) is 26.6. The molecular formula is C17H25NO. The number of hydrogen-bond donors (Lipinski definition) is 1. The molecule has 0 bridgehead atoms. The van der Waals surface area contributed by atoms with E-state index in [1.54, 1.807) is 0 Å². The lowest BCUT2D eigenvalue weighted by Gasteiger charge is -2.42. The Morgan fingerprint density at radius 2 is 2.16 bits per heavy atom. The van der Waals surface area contributed by atoms with Crippen molar-refractivity contribution in [2.24, 2.45) is 17.1 Å². The SMILES string of the molecule is CC1(C)CCCCC1C(N)c1ccc2c(c1)CCO2. The lowest BCUT2D eigenvalue weighted by molar-refractivity contribution is 0.112. The fourth-order valence-electron chi connectivity index (χ4n) is 3.83. The van der Waals surface area contributed by atoms with Crippen LogP contribution >= 0.6 is 0 Å². The van der Waals surface area contributed by atoms with Crippen molar-refractivity contribution >= 4 is 0 Å². The van der Waals surface area contributed by atoms with Crippen molar-refractivity contribution in [3.8, 4) is 5.75 Å². The van der Waals surface area contributed by atoms with E-state index in [2.05, 4.69) is 32.0 Å². The van der Waals surface area contributed by atoms with Gasteiger partial charge in [0.15, 0.2) is 0 Å². The van der Waals surface area contributed by atoms with Crippen molar-refractivity contribution in [2.45, 2.75) is 52.0 Å². The molecule has 1 aromatic carbocycles. The first-order valence-electron chi connectivity index (χ1n) is 7.59. The van der Waals surface area contributed by atoms with Gasteiger partial charge < -0.3 is 10.5 Å². The van der Waals surface area contributed by atoms with Gasteiger partial charge in [-0.1, -0.05) is 38.8 Å². The number of benzene rings is 1. The molecule has 1 heterocycles. The maximum Gasteiger partial charge on any atom is 0.122 e. The van der Waals surface area contributed by atoms with Crippen LogP contribution in [0.15, 0.2) is 18.2 Å². The molecule has 2 N–H and O–H groups in total. The molecule has 0 radical (unpaired) electrons. The average Bonchev–Trinajstić information content (AvgIpc) is 2.84. The minimum absolute atomic E-state index is 0.168. The third-order valence-corrected chi connectivity index (χ3v) is 5.12. The topological polar surface area (TPSA) is 35.2 Å². The van der Waals surface area contributed by atoms with E-state index in [1.807, 2.05) is 0 Å². The maximum atomic E-state index is 6.60. The highest BCUT2D eigenvalue weighted by molar-refractivity contribution is 5.41. The van der Waals surface area contributed by atoms with E-state index < -0.39 is 0 Å². The van der Waals surface area contributed by atoms with Crippen LogP contribution in [0.2, 0.25) is 0 Å². The highest BCUT2D eigenvalue weighted by Gasteiger charge is 2.36. The van der Waals surface area contributed by atoms with Crippen LogP contribution in [0, 0.1) is 11.3 Å². The Labute approximate surface area is 116 Å². The molecule has 0 saturated heterocycles. The fraction of sp³-hybridized carbons (Fsp3) is 0.647. The van der Waals surface area contributed by atoms with Crippen molar-refractivity contribution in [3.63, 3.8) is 0 Å². The van der Waals surface area contributed by atoms with Gasteiger partial charge in [-0.15, -0.1) is 0 Å². The Morgan fingerprint density at radius 1 is 1.32 bits per heavy atom. The molecule has 1 fully saturated rings. The summed E-state index contributed by atoms with van der Waals surface area (Å²) in [5.74, 6) is 1.65. The molecule has 2 nitrogen and oxygen atoms in total. The van der Waals surface area contributed by atoms with Crippen LogP contribution in [0.25, 0.3) is 0 Å². The summed E-state index contributed by atoms with van der Waals surface area (Å²) in [6, 6.07) is 6.71. The number of ether oxygens (including phenoxy) is 1. The van der Waals surface area contributed by atoms with Crippen molar-refractivity contribution in [1.82, 2.24) is 0 Å². The summed E-state index contributed by atoms with van der Waals surface area (Å²) in [6.07, 6.45) is 6.29. The summed E-state index contributed by atoms with van der Waals surface area (Å²) < 4.78 is 5.58. The van der Waals surface area contributed by atoms with Crippen LogP contribution < -0.4 is 10.5 Å². The smallest absolute Gasteiger partial charge is 0.122 e. The van der Waals surface area contributed by atoms with Crippen molar-refractivity contribution < 1.29 is 4.74 Å². The molecule has 1 aliphatic carbocycles. The predicted molar refractivity (Wildman–Crippen MR) is 78.3 cm³/mol. The zero-order valence-corrected chi connectivity index (χ0v) is 12.1. The zero-order valence-electron chi connectivity index (χ0n) is 12.1. The second-order valence-corrected chi connectivity index (χ2v) is 6.83. The van der Waals surface area contributed by atoms with Crippen LogP contribution in [0.4, 0.5) is 0 Å². The number of nitrogens with two attached hydrogens (primary N) is 1. The van der Waals surface area contributed by atoms with E-state index in [1.165, 1.54) is 36.8 Å². The Balaban J connectivity index is 1.85. The largest absolute Gasteiger partial charge is 0.493 e. The summed E-state index contributed by atoms with van der Waals surface area (Å²) >= 11 is 0. The van der Waals surface area contributed by atoms with Crippen LogP contribution in [0.5, 0.6) is 5.75 Å². The molecule has 1 saturated carbocycles. The van der Waals surface area contributed by atoms with E-state index in [0.29, 0.717) is 11.3 Å². The molecule has 104 valence electrons. The average molecular weight is 259 g/mol. The van der Waals surface area contributed by atoms with Crippen LogP contribution in [-0.4, -0.2) is 6.61 Å². The Kier molecular flexibility index (Phi) is 3.30. The second kappa shape index (κ2) is 4.82. The third kappa shape index (κ3) is 2.38. The number of hydrogen-bond acceptors (Lipinski definition) is 2. The first-order valence-corrected chi connectivity index (χ1v) is 7.59. The first-order chi connectivity index (χ1) is 9.08. The molecule has 19 heavy (non-hydrogen) atoms. The third-order valence-electron chi connectivity index (χ3n) is 5.12. The molecule has 0 aromatic heterocycles. The quantitative estimate of drug-likeness (QED) is 0.876. The molecule has 2 atom stereocenters. The van der Waals surface area contributed by atoms with Gasteiger partial charge in [0.25, 0.3) is 0 Å². The monoisotopic (exact) mass is 259 g/mol. The van der Waals surface area contributed by atoms with Gasteiger partial charge in [-0.05, 0) is 41.4 Å². The van der Waals surface area contributed by atoms with Crippen LogP contribution in [0.3, 0.4) is 0 Å². The summed E-state index contributed by atoms with van der Waals surface area (Å²) in [4.78, 5) is 0. The molecule has 2 aliphatic rings. The van der Waals surface area contributed by atoms with Gasteiger partial charge >= 0.3 is 0 Å². The molecule has 2 unspecified atom stereocenters. The van der Waals surface area contributed by atoms with E-state index in [9.17, 15) is 0 Å². The molecule has 2 heteroatoms. The highest BCUT2D eigenvalue weighted by atomic mass is 16.5. The van der Waals surface area contributed by atoms with Gasteiger partial charge in [-0.3, -0.25) is 0 Å². The van der Waals surface area contributed by atoms with E-state index in [-0.39, 0.29) is 6.04 Å². The van der Waals surface area contributed by atoms with Crippen LogP contribution in [0.1, 0.15) is 56.7 Å². The van der Waals surface area contributed by atoms with Crippen molar-refractivity contribution in [3.05, 3.63) is 29.3 Å². The molecule has 1 aliphatic heterocycles. The molecule has 3 rings (SSSR count). The van der Waals surface area contributed by atoms with Gasteiger partial charge in [0.05, 0.1) is 6.61 Å². The number of fused-ring (bicyclic) bond motifs is 1. The van der Waals surface area contributed by atoms with Gasteiger partial charge in [-0.2, -0.15) is 0 Å². The van der Waals surface area contributed by atoms with Crippen molar-refractivity contribution in [1.29, 1.82) is 0 Å². The predicted octanol–water partition coefficient (Wildman–Crippen LogP) is 3.84. The number of rotatable bonds is 2. The fourth-order valence-corrected chi connectivity index (χ4v) is 3.83. The lowest BCUT2D eigenvalue weighted by Crippen LogP contribution is -2.36. The standard InChI is InChI=1S/C17H25NO/c1-17(2)9-4-3-5-14(17)16(18)13-6-7-15-12(11-13)8-10-19-15/h6-7,11,14,16H,3-5,8-10,18H2,1-2H3. The molecular weight excluding hydrogens is 234 g/mol. The van der Waals surface area contributed by atoms with E-state index >= 15 is 0 Å². The molecule has 0 spiro atoms. The minimum Gasteiger partial charge on any atom is -0.493 e. The Morgan fingerprint density at radius 3 is 2.95 bits per heavy atom. The maximum absolute atomic E-state index is 6.60. The summed E-state index contributed by atoms with van der Waals surface area (Å²) in [6.45, 7) is 5.59. The molecule has 0 amide bonds. The van der Waals surface area contributed by atoms with Gasteiger partial charge in [-0.25, -0.2) is 0 Å². The van der Waals surface area contributed by atoms with Crippen LogP contribution in [-0.2, 0) is 6.42 Å². The van der Waals surface area contributed by atoms with Gasteiger partial charge in [0.2, 0.25) is 0 Å². The van der Waals surface area contributed by atoms with Crippen molar-refractivity contribution in [2.75, 3.05) is 6.61 Å². The molecule has 1 aromatic rings. The van der Waals surface area contributed by atoms with E-state index in [4.69, 9.17) is 10.5 Å². The minimum atomic E-state index is 0.168. The second-order valence-electron chi connectivity index (χ2n) is 6.83. The van der Waals surface area contributed by atoms with E-state index in [0.717, 1.165) is 18.8 Å². The zero-order chi connectivity index (χ0) is 13.5. The van der Waals surface area contributed by atoms with Gasteiger partial charge in [0, 0.05) is 12.5 Å². The Bertz CT molecular complexity index is 466. The highest BCUT2D eigenvalue weighted by Crippen LogP contribution is 2.46. The summed E-state index contributed by atoms with van der Waals surface area (Å²) in [5, 5.41) is 0. The summed E-state index contributed by atoms with van der Waals surface area (Å²) in [5.41, 5.74) is 9.60. The van der Waals surface area contributed by atoms with Gasteiger partial charge in [0.1, 0.15) is 5.75 Å². The lowest BCUT2D eigenvalue weighted by atomic mass is 9.65.